The first kappa shape index (κ1) is 14.4. The van der Waals surface area contributed by atoms with E-state index in [2.05, 4.69) is 5.32 Å². The summed E-state index contributed by atoms with van der Waals surface area (Å²) in [5, 5.41) is 12.9. The van der Waals surface area contributed by atoms with Gasteiger partial charge in [-0.15, -0.1) is 0 Å². The Morgan fingerprint density at radius 1 is 1.09 bits per heavy atom. The molecule has 1 unspecified atom stereocenters. The van der Waals surface area contributed by atoms with E-state index in [-0.39, 0.29) is 12.5 Å². The highest BCUT2D eigenvalue weighted by Crippen LogP contribution is 2.32. The Kier molecular flexibility index (Phi) is 4.25. The van der Waals surface area contributed by atoms with E-state index in [0.29, 0.717) is 35.8 Å². The number of fused-ring (bicyclic) bond motifs is 1. The third-order valence-corrected chi connectivity index (χ3v) is 3.44. The van der Waals surface area contributed by atoms with E-state index in [9.17, 15) is 9.90 Å². The van der Waals surface area contributed by atoms with Crippen molar-refractivity contribution in [2.45, 2.75) is 6.10 Å². The monoisotopic (exact) mass is 299 g/mol. The predicted molar refractivity (Wildman–Crippen MR) is 81.2 cm³/mol. The number of aliphatic hydroxyl groups excluding tert-OH is 1. The van der Waals surface area contributed by atoms with Crippen LogP contribution in [0.25, 0.3) is 0 Å². The van der Waals surface area contributed by atoms with Crippen LogP contribution >= 0.6 is 0 Å². The highest BCUT2D eigenvalue weighted by Gasteiger charge is 2.16. The van der Waals surface area contributed by atoms with Crippen molar-refractivity contribution in [1.82, 2.24) is 5.32 Å². The molecule has 1 amide bonds. The molecule has 22 heavy (non-hydrogen) atoms. The van der Waals surface area contributed by atoms with E-state index in [4.69, 9.17) is 9.47 Å². The van der Waals surface area contributed by atoms with Gasteiger partial charge in [0, 0.05) is 12.1 Å². The van der Waals surface area contributed by atoms with Crippen molar-refractivity contribution in [3.63, 3.8) is 0 Å². The molecule has 0 aliphatic carbocycles. The Hall–Kier alpha value is -2.53. The summed E-state index contributed by atoms with van der Waals surface area (Å²) in [6, 6.07) is 14.2. The Morgan fingerprint density at radius 3 is 2.59 bits per heavy atom. The van der Waals surface area contributed by atoms with Gasteiger partial charge in [0.2, 0.25) is 0 Å². The minimum Gasteiger partial charge on any atom is -0.486 e. The molecule has 1 heterocycles. The van der Waals surface area contributed by atoms with E-state index in [1.807, 2.05) is 6.07 Å². The fraction of sp³-hybridized carbons (Fsp3) is 0.235. The SMILES string of the molecule is O=C(NCC(O)c1ccc2c(c1)OCCO2)c1ccccc1. The molecule has 0 radical (unpaired) electrons. The average molecular weight is 299 g/mol. The maximum atomic E-state index is 11.9. The van der Waals surface area contributed by atoms with E-state index in [1.165, 1.54) is 0 Å². The summed E-state index contributed by atoms with van der Waals surface area (Å²) in [5.74, 6) is 1.09. The molecule has 1 atom stereocenters. The first-order valence-corrected chi connectivity index (χ1v) is 7.15. The molecule has 5 heteroatoms. The van der Waals surface area contributed by atoms with Crippen LogP contribution in [0.2, 0.25) is 0 Å². The molecule has 0 bridgehead atoms. The average Bonchev–Trinajstić information content (AvgIpc) is 2.59. The molecular weight excluding hydrogens is 282 g/mol. The van der Waals surface area contributed by atoms with Gasteiger partial charge in [0.05, 0.1) is 6.10 Å². The van der Waals surface area contributed by atoms with Gasteiger partial charge in [0.1, 0.15) is 13.2 Å². The number of hydrogen-bond donors (Lipinski definition) is 2. The van der Waals surface area contributed by atoms with Gasteiger partial charge in [0.25, 0.3) is 5.91 Å². The van der Waals surface area contributed by atoms with Gasteiger partial charge < -0.3 is 19.9 Å². The first-order valence-electron chi connectivity index (χ1n) is 7.15. The van der Waals surface area contributed by atoms with Crippen LogP contribution in [0, 0.1) is 0 Å². The number of benzene rings is 2. The van der Waals surface area contributed by atoms with E-state index in [0.717, 1.165) is 0 Å². The molecule has 0 saturated heterocycles. The second-order valence-electron chi connectivity index (χ2n) is 4.99. The van der Waals surface area contributed by atoms with Crippen molar-refractivity contribution in [2.75, 3.05) is 19.8 Å². The zero-order valence-electron chi connectivity index (χ0n) is 12.0. The molecule has 2 aromatic rings. The summed E-state index contributed by atoms with van der Waals surface area (Å²) in [7, 11) is 0. The van der Waals surface area contributed by atoms with Crippen LogP contribution in [-0.2, 0) is 0 Å². The van der Waals surface area contributed by atoms with Crippen molar-refractivity contribution >= 4 is 5.91 Å². The minimum absolute atomic E-state index is 0.132. The zero-order valence-corrected chi connectivity index (χ0v) is 12.0. The van der Waals surface area contributed by atoms with Crippen molar-refractivity contribution in [3.05, 3.63) is 59.7 Å². The Bertz CT molecular complexity index is 657. The van der Waals surface area contributed by atoms with Crippen LogP contribution in [0.4, 0.5) is 0 Å². The Labute approximate surface area is 128 Å². The third-order valence-electron chi connectivity index (χ3n) is 3.44. The molecule has 114 valence electrons. The van der Waals surface area contributed by atoms with Crippen LogP contribution in [0.5, 0.6) is 11.5 Å². The summed E-state index contributed by atoms with van der Waals surface area (Å²) < 4.78 is 10.9. The molecule has 2 N–H and O–H groups in total. The van der Waals surface area contributed by atoms with Crippen molar-refractivity contribution in [1.29, 1.82) is 0 Å². The first-order chi connectivity index (χ1) is 10.7. The van der Waals surface area contributed by atoms with Gasteiger partial charge in [-0.2, -0.15) is 0 Å². The zero-order chi connectivity index (χ0) is 15.4. The second kappa shape index (κ2) is 6.49. The van der Waals surface area contributed by atoms with E-state index < -0.39 is 6.10 Å². The Morgan fingerprint density at radius 2 is 1.82 bits per heavy atom. The quantitative estimate of drug-likeness (QED) is 0.905. The van der Waals surface area contributed by atoms with Crippen LogP contribution < -0.4 is 14.8 Å². The topological polar surface area (TPSA) is 67.8 Å². The van der Waals surface area contributed by atoms with Crippen molar-refractivity contribution in [3.8, 4) is 11.5 Å². The number of hydrogen-bond acceptors (Lipinski definition) is 4. The summed E-state index contributed by atoms with van der Waals surface area (Å²) >= 11 is 0. The normalized spacial score (nSPS) is 14.2. The van der Waals surface area contributed by atoms with Crippen LogP contribution in [0.1, 0.15) is 22.0 Å². The van der Waals surface area contributed by atoms with Gasteiger partial charge in [-0.3, -0.25) is 4.79 Å². The third kappa shape index (κ3) is 3.20. The standard InChI is InChI=1S/C17H17NO4/c19-14(11-18-17(20)12-4-2-1-3-5-12)13-6-7-15-16(10-13)22-9-8-21-15/h1-7,10,14,19H,8-9,11H2,(H,18,20). The molecule has 2 aromatic carbocycles. The molecule has 1 aliphatic heterocycles. The largest absolute Gasteiger partial charge is 0.486 e. The fourth-order valence-corrected chi connectivity index (χ4v) is 2.27. The van der Waals surface area contributed by atoms with E-state index >= 15 is 0 Å². The molecule has 0 aromatic heterocycles. The lowest BCUT2D eigenvalue weighted by atomic mass is 10.1. The number of nitrogens with one attached hydrogen (secondary N) is 1. The van der Waals surface area contributed by atoms with Gasteiger partial charge in [-0.05, 0) is 29.8 Å². The number of amides is 1. The van der Waals surface area contributed by atoms with Crippen LogP contribution in [0.3, 0.4) is 0 Å². The van der Waals surface area contributed by atoms with Gasteiger partial charge >= 0.3 is 0 Å². The van der Waals surface area contributed by atoms with Crippen LogP contribution in [0.15, 0.2) is 48.5 Å². The number of ether oxygens (including phenoxy) is 2. The second-order valence-corrected chi connectivity index (χ2v) is 4.99. The molecule has 0 saturated carbocycles. The van der Waals surface area contributed by atoms with Gasteiger partial charge in [-0.25, -0.2) is 0 Å². The number of aliphatic hydroxyl groups is 1. The lowest BCUT2D eigenvalue weighted by molar-refractivity contribution is 0.0916. The molecular formula is C17H17NO4. The smallest absolute Gasteiger partial charge is 0.251 e. The fourth-order valence-electron chi connectivity index (χ4n) is 2.27. The van der Waals surface area contributed by atoms with Crippen LogP contribution in [-0.4, -0.2) is 30.8 Å². The molecule has 0 spiro atoms. The predicted octanol–water partition coefficient (Wildman–Crippen LogP) is 1.92. The summed E-state index contributed by atoms with van der Waals surface area (Å²) in [4.78, 5) is 11.9. The number of carbonyl (C=O) groups excluding carboxylic acids is 1. The molecule has 3 rings (SSSR count). The minimum atomic E-state index is -0.802. The van der Waals surface area contributed by atoms with E-state index in [1.54, 1.807) is 42.5 Å². The highest BCUT2D eigenvalue weighted by atomic mass is 16.6. The molecule has 1 aliphatic rings. The summed E-state index contributed by atoms with van der Waals surface area (Å²) in [5.41, 5.74) is 1.24. The number of carbonyl (C=O) groups is 1. The lowest BCUT2D eigenvalue weighted by Crippen LogP contribution is -2.28. The maximum absolute atomic E-state index is 11.9. The van der Waals surface area contributed by atoms with Crippen molar-refractivity contribution < 1.29 is 19.4 Å². The Balaban J connectivity index is 1.62. The van der Waals surface area contributed by atoms with Gasteiger partial charge in [0.15, 0.2) is 11.5 Å². The maximum Gasteiger partial charge on any atom is 0.251 e. The number of rotatable bonds is 4. The molecule has 5 nitrogen and oxygen atoms in total. The highest BCUT2D eigenvalue weighted by molar-refractivity contribution is 5.94. The van der Waals surface area contributed by atoms with Crippen molar-refractivity contribution in [2.24, 2.45) is 0 Å². The van der Waals surface area contributed by atoms with Gasteiger partial charge in [-0.1, -0.05) is 24.3 Å². The lowest BCUT2D eigenvalue weighted by Gasteiger charge is -2.20. The summed E-state index contributed by atoms with van der Waals surface area (Å²) in [6.07, 6.45) is -0.802. The summed E-state index contributed by atoms with van der Waals surface area (Å²) in [6.45, 7) is 1.16. The molecule has 0 fully saturated rings.